The van der Waals surface area contributed by atoms with Crippen molar-refractivity contribution in [2.45, 2.75) is 25.4 Å². The van der Waals surface area contributed by atoms with Crippen LogP contribution in [0, 0.1) is 0 Å². The third-order valence-electron chi connectivity index (χ3n) is 2.81. The first-order valence-electron chi connectivity index (χ1n) is 5.74. The topological polar surface area (TPSA) is 72.7 Å². The van der Waals surface area contributed by atoms with E-state index >= 15 is 0 Å². The van der Waals surface area contributed by atoms with E-state index in [4.69, 9.17) is 5.11 Å². The van der Waals surface area contributed by atoms with Crippen molar-refractivity contribution < 1.29 is 15.3 Å². The van der Waals surface area contributed by atoms with Gasteiger partial charge in [0.1, 0.15) is 0 Å². The van der Waals surface area contributed by atoms with E-state index in [0.717, 1.165) is 11.3 Å². The number of anilines is 1. The first-order valence-corrected chi connectivity index (χ1v) is 5.74. The standard InChI is InChI=1S/C13H21NO3/c1-13(2,9-16)10-3-5-11(6-4-10)14-7-12(17)8-15/h3-6,12,14-17H,7-9H2,1-2H3. The van der Waals surface area contributed by atoms with Gasteiger partial charge in [-0.05, 0) is 17.7 Å². The smallest absolute Gasteiger partial charge is 0.0942 e. The second kappa shape index (κ2) is 6.00. The second-order valence-corrected chi connectivity index (χ2v) is 4.84. The van der Waals surface area contributed by atoms with Gasteiger partial charge in [0.25, 0.3) is 0 Å². The minimum absolute atomic E-state index is 0.100. The molecule has 0 amide bonds. The highest BCUT2D eigenvalue weighted by atomic mass is 16.3. The van der Waals surface area contributed by atoms with Crippen LogP contribution in [0.4, 0.5) is 5.69 Å². The first kappa shape index (κ1) is 14.0. The van der Waals surface area contributed by atoms with Crippen LogP contribution >= 0.6 is 0 Å². The molecule has 4 nitrogen and oxygen atoms in total. The molecule has 0 saturated carbocycles. The maximum Gasteiger partial charge on any atom is 0.0942 e. The van der Waals surface area contributed by atoms with Crippen molar-refractivity contribution in [1.82, 2.24) is 0 Å². The summed E-state index contributed by atoms with van der Waals surface area (Å²) in [6, 6.07) is 7.70. The van der Waals surface area contributed by atoms with E-state index in [0.29, 0.717) is 6.54 Å². The number of aliphatic hydroxyl groups is 3. The summed E-state index contributed by atoms with van der Waals surface area (Å²) in [7, 11) is 0. The number of hydrogen-bond acceptors (Lipinski definition) is 4. The van der Waals surface area contributed by atoms with Crippen LogP contribution in [0.5, 0.6) is 0 Å². The van der Waals surface area contributed by atoms with E-state index in [1.807, 2.05) is 38.1 Å². The van der Waals surface area contributed by atoms with Crippen LogP contribution in [-0.4, -0.2) is 41.2 Å². The lowest BCUT2D eigenvalue weighted by atomic mass is 9.85. The molecule has 0 bridgehead atoms. The van der Waals surface area contributed by atoms with Crippen molar-refractivity contribution in [2.75, 3.05) is 25.1 Å². The van der Waals surface area contributed by atoms with Crippen molar-refractivity contribution in [3.05, 3.63) is 29.8 Å². The number of hydrogen-bond donors (Lipinski definition) is 4. The zero-order valence-electron chi connectivity index (χ0n) is 10.3. The van der Waals surface area contributed by atoms with Crippen LogP contribution in [-0.2, 0) is 5.41 Å². The Morgan fingerprint density at radius 2 is 1.76 bits per heavy atom. The number of nitrogens with one attached hydrogen (secondary N) is 1. The fraction of sp³-hybridized carbons (Fsp3) is 0.538. The molecular formula is C13H21NO3. The molecule has 0 aliphatic rings. The van der Waals surface area contributed by atoms with Crippen molar-refractivity contribution in [3.63, 3.8) is 0 Å². The van der Waals surface area contributed by atoms with E-state index in [-0.39, 0.29) is 18.6 Å². The molecule has 4 N–H and O–H groups in total. The Kier molecular flexibility index (Phi) is 4.93. The summed E-state index contributed by atoms with van der Waals surface area (Å²) in [6.45, 7) is 4.13. The molecule has 1 aromatic rings. The fourth-order valence-corrected chi connectivity index (χ4v) is 1.43. The largest absolute Gasteiger partial charge is 0.395 e. The summed E-state index contributed by atoms with van der Waals surface area (Å²) in [6.07, 6.45) is -0.747. The maximum atomic E-state index is 9.25. The lowest BCUT2D eigenvalue weighted by molar-refractivity contribution is 0.105. The van der Waals surface area contributed by atoms with Gasteiger partial charge < -0.3 is 20.6 Å². The maximum absolute atomic E-state index is 9.25. The van der Waals surface area contributed by atoms with Crippen molar-refractivity contribution in [1.29, 1.82) is 0 Å². The normalized spacial score (nSPS) is 13.5. The van der Waals surface area contributed by atoms with Gasteiger partial charge >= 0.3 is 0 Å². The second-order valence-electron chi connectivity index (χ2n) is 4.84. The molecule has 17 heavy (non-hydrogen) atoms. The summed E-state index contributed by atoms with van der Waals surface area (Å²) >= 11 is 0. The molecule has 96 valence electrons. The molecule has 0 aliphatic heterocycles. The van der Waals surface area contributed by atoms with Gasteiger partial charge in [0.2, 0.25) is 0 Å². The third kappa shape index (κ3) is 4.00. The van der Waals surface area contributed by atoms with E-state index in [9.17, 15) is 10.2 Å². The van der Waals surface area contributed by atoms with Crippen LogP contribution in [0.25, 0.3) is 0 Å². The lowest BCUT2D eigenvalue weighted by Gasteiger charge is -2.22. The van der Waals surface area contributed by atoms with E-state index < -0.39 is 6.10 Å². The average molecular weight is 239 g/mol. The molecule has 0 radical (unpaired) electrons. The Labute approximate surface area is 102 Å². The average Bonchev–Trinajstić information content (AvgIpc) is 2.36. The quantitative estimate of drug-likeness (QED) is 0.590. The molecule has 0 spiro atoms. The first-order chi connectivity index (χ1) is 7.99. The van der Waals surface area contributed by atoms with Crippen LogP contribution in [0.15, 0.2) is 24.3 Å². The van der Waals surface area contributed by atoms with Crippen LogP contribution < -0.4 is 5.32 Å². The highest BCUT2D eigenvalue weighted by molar-refractivity contribution is 5.46. The summed E-state index contributed by atoms with van der Waals surface area (Å²) in [5, 5.41) is 30.1. The van der Waals surface area contributed by atoms with E-state index in [1.165, 1.54) is 0 Å². The monoisotopic (exact) mass is 239 g/mol. The summed E-state index contributed by atoms with van der Waals surface area (Å²) in [4.78, 5) is 0. The van der Waals surface area contributed by atoms with Crippen LogP contribution in [0.3, 0.4) is 0 Å². The molecule has 4 heteroatoms. The van der Waals surface area contributed by atoms with Crippen molar-refractivity contribution in [2.24, 2.45) is 0 Å². The van der Waals surface area contributed by atoms with Gasteiger partial charge in [0.05, 0.1) is 19.3 Å². The number of rotatable bonds is 6. The van der Waals surface area contributed by atoms with Gasteiger partial charge in [-0.3, -0.25) is 0 Å². The zero-order valence-corrected chi connectivity index (χ0v) is 10.3. The Bertz CT molecular complexity index is 335. The molecule has 1 atom stereocenters. The molecule has 1 rings (SSSR count). The molecule has 1 unspecified atom stereocenters. The molecule has 0 saturated heterocycles. The number of aliphatic hydroxyl groups excluding tert-OH is 3. The Morgan fingerprint density at radius 1 is 1.18 bits per heavy atom. The molecule has 0 aliphatic carbocycles. The summed E-state index contributed by atoms with van der Waals surface area (Å²) < 4.78 is 0. The van der Waals surface area contributed by atoms with Gasteiger partial charge in [0.15, 0.2) is 0 Å². The van der Waals surface area contributed by atoms with E-state index in [1.54, 1.807) is 0 Å². The number of benzene rings is 1. The molecule has 0 fully saturated rings. The SMILES string of the molecule is CC(C)(CO)c1ccc(NCC(O)CO)cc1. The van der Waals surface area contributed by atoms with Gasteiger partial charge in [-0.25, -0.2) is 0 Å². The molecular weight excluding hydrogens is 218 g/mol. The van der Waals surface area contributed by atoms with Crippen LogP contribution in [0.2, 0.25) is 0 Å². The predicted molar refractivity (Wildman–Crippen MR) is 68.1 cm³/mol. The molecule has 1 aromatic carbocycles. The van der Waals surface area contributed by atoms with Gasteiger partial charge in [-0.1, -0.05) is 26.0 Å². The Balaban J connectivity index is 2.62. The minimum atomic E-state index is -0.747. The highest BCUT2D eigenvalue weighted by Gasteiger charge is 2.18. The summed E-state index contributed by atoms with van der Waals surface area (Å²) in [5.74, 6) is 0. The van der Waals surface area contributed by atoms with Gasteiger partial charge in [0, 0.05) is 17.6 Å². The zero-order chi connectivity index (χ0) is 12.9. The Morgan fingerprint density at radius 3 is 2.24 bits per heavy atom. The minimum Gasteiger partial charge on any atom is -0.395 e. The van der Waals surface area contributed by atoms with Gasteiger partial charge in [-0.2, -0.15) is 0 Å². The van der Waals surface area contributed by atoms with Crippen LogP contribution in [0.1, 0.15) is 19.4 Å². The third-order valence-corrected chi connectivity index (χ3v) is 2.81. The van der Waals surface area contributed by atoms with Gasteiger partial charge in [-0.15, -0.1) is 0 Å². The summed E-state index contributed by atoms with van der Waals surface area (Å²) in [5.41, 5.74) is 1.70. The van der Waals surface area contributed by atoms with E-state index in [2.05, 4.69) is 5.32 Å². The molecule has 0 aromatic heterocycles. The Hall–Kier alpha value is -1.10. The van der Waals surface area contributed by atoms with Crippen molar-refractivity contribution in [3.8, 4) is 0 Å². The fourth-order valence-electron chi connectivity index (χ4n) is 1.43. The predicted octanol–water partition coefficient (Wildman–Crippen LogP) is 0.722. The highest BCUT2D eigenvalue weighted by Crippen LogP contribution is 2.23. The molecule has 0 heterocycles. The lowest BCUT2D eigenvalue weighted by Crippen LogP contribution is -2.23. The van der Waals surface area contributed by atoms with Crippen molar-refractivity contribution >= 4 is 5.69 Å².